The molecule has 0 heterocycles. The lowest BCUT2D eigenvalue weighted by atomic mass is 10.0. The number of benzene rings is 2. The molecule has 2 rings (SSSR count). The molecular formula is C22H29F. The lowest BCUT2D eigenvalue weighted by molar-refractivity contribution is 0.538. The highest BCUT2D eigenvalue weighted by Crippen LogP contribution is 2.23. The first kappa shape index (κ1) is 17.7. The second-order valence-corrected chi connectivity index (χ2v) is 6.38. The van der Waals surface area contributed by atoms with E-state index in [2.05, 4.69) is 25.1 Å². The summed E-state index contributed by atoms with van der Waals surface area (Å²) in [5, 5.41) is 2.29. The zero-order valence-corrected chi connectivity index (χ0v) is 14.4. The fourth-order valence-electron chi connectivity index (χ4n) is 3.04. The first-order valence-corrected chi connectivity index (χ1v) is 9.15. The molecule has 0 amide bonds. The van der Waals surface area contributed by atoms with Crippen LogP contribution in [0.3, 0.4) is 0 Å². The molecule has 0 saturated heterocycles. The van der Waals surface area contributed by atoms with Crippen LogP contribution in [0.1, 0.15) is 70.3 Å². The lowest BCUT2D eigenvalue weighted by Gasteiger charge is -2.04. The molecule has 124 valence electrons. The minimum Gasteiger partial charge on any atom is -0.212 e. The summed E-state index contributed by atoms with van der Waals surface area (Å²) in [6.45, 7) is 2.24. The standard InChI is InChI=1S/C22H29F/c1-2-3-4-5-6-7-8-9-16-21(23)18-20-15-12-14-19-13-10-11-17-22(19)20/h10-15,17-18H,2-9,16H2,1H3/b21-18+. The van der Waals surface area contributed by atoms with Crippen molar-refractivity contribution in [1.82, 2.24) is 0 Å². The van der Waals surface area contributed by atoms with Crippen molar-refractivity contribution in [2.45, 2.75) is 64.7 Å². The van der Waals surface area contributed by atoms with Gasteiger partial charge in [-0.1, -0.05) is 94.3 Å². The van der Waals surface area contributed by atoms with Crippen LogP contribution < -0.4 is 0 Å². The first-order valence-electron chi connectivity index (χ1n) is 9.15. The average molecular weight is 312 g/mol. The Labute approximate surface area is 140 Å². The maximum absolute atomic E-state index is 14.2. The van der Waals surface area contributed by atoms with E-state index in [4.69, 9.17) is 0 Å². The SMILES string of the molecule is CCCCCCCCCC/C(F)=C\c1cccc2ccccc12. The molecule has 0 aliphatic carbocycles. The van der Waals surface area contributed by atoms with E-state index >= 15 is 0 Å². The molecule has 0 aliphatic rings. The molecule has 0 spiro atoms. The number of unbranched alkanes of at least 4 members (excludes halogenated alkanes) is 7. The van der Waals surface area contributed by atoms with Crippen LogP contribution in [-0.4, -0.2) is 0 Å². The van der Waals surface area contributed by atoms with Gasteiger partial charge >= 0.3 is 0 Å². The lowest BCUT2D eigenvalue weighted by Crippen LogP contribution is -1.83. The van der Waals surface area contributed by atoms with Gasteiger partial charge in [0, 0.05) is 0 Å². The van der Waals surface area contributed by atoms with Gasteiger partial charge in [0.25, 0.3) is 0 Å². The van der Waals surface area contributed by atoms with E-state index in [9.17, 15) is 4.39 Å². The van der Waals surface area contributed by atoms with Crippen molar-refractivity contribution in [1.29, 1.82) is 0 Å². The van der Waals surface area contributed by atoms with Gasteiger partial charge in [0.15, 0.2) is 0 Å². The van der Waals surface area contributed by atoms with E-state index in [1.165, 1.54) is 43.9 Å². The second-order valence-electron chi connectivity index (χ2n) is 6.38. The highest BCUT2D eigenvalue weighted by atomic mass is 19.1. The molecule has 0 atom stereocenters. The Balaban J connectivity index is 1.76. The Morgan fingerprint density at radius 3 is 2.26 bits per heavy atom. The molecule has 0 fully saturated rings. The quantitative estimate of drug-likeness (QED) is 0.395. The van der Waals surface area contributed by atoms with Gasteiger partial charge in [-0.25, -0.2) is 4.39 Å². The van der Waals surface area contributed by atoms with Crippen LogP contribution in [0.2, 0.25) is 0 Å². The monoisotopic (exact) mass is 312 g/mol. The molecule has 2 aromatic rings. The normalized spacial score (nSPS) is 12.0. The molecule has 1 heteroatoms. The number of allylic oxidation sites excluding steroid dienone is 1. The van der Waals surface area contributed by atoms with Gasteiger partial charge in [-0.15, -0.1) is 0 Å². The number of fused-ring (bicyclic) bond motifs is 1. The number of hydrogen-bond donors (Lipinski definition) is 0. The van der Waals surface area contributed by atoms with Crippen molar-refractivity contribution in [3.05, 3.63) is 53.9 Å². The van der Waals surface area contributed by atoms with E-state index in [1.54, 1.807) is 6.08 Å². The van der Waals surface area contributed by atoms with Crippen LogP contribution in [0.15, 0.2) is 48.3 Å². The summed E-state index contributed by atoms with van der Waals surface area (Å²) in [5.74, 6) is 0.00679. The molecule has 0 saturated carbocycles. The molecular weight excluding hydrogens is 283 g/mol. The summed E-state index contributed by atoms with van der Waals surface area (Å²) < 4.78 is 14.2. The van der Waals surface area contributed by atoms with Crippen molar-refractivity contribution < 1.29 is 4.39 Å². The van der Waals surface area contributed by atoms with E-state index in [1.807, 2.05) is 24.3 Å². The molecule has 0 N–H and O–H groups in total. The Morgan fingerprint density at radius 1 is 0.826 bits per heavy atom. The van der Waals surface area contributed by atoms with Crippen LogP contribution in [-0.2, 0) is 0 Å². The van der Waals surface area contributed by atoms with Gasteiger partial charge in [-0.3, -0.25) is 0 Å². The largest absolute Gasteiger partial charge is 0.212 e. The van der Waals surface area contributed by atoms with Crippen molar-refractivity contribution in [3.8, 4) is 0 Å². The van der Waals surface area contributed by atoms with Crippen LogP contribution in [0, 0.1) is 0 Å². The van der Waals surface area contributed by atoms with Crippen molar-refractivity contribution >= 4 is 16.8 Å². The molecule has 0 unspecified atom stereocenters. The smallest absolute Gasteiger partial charge is 0.101 e. The summed E-state index contributed by atoms with van der Waals surface area (Å²) in [7, 11) is 0. The van der Waals surface area contributed by atoms with Gasteiger partial charge in [0.05, 0.1) is 0 Å². The van der Waals surface area contributed by atoms with E-state index in [0.29, 0.717) is 6.42 Å². The minimum absolute atomic E-state index is 0.00679. The van der Waals surface area contributed by atoms with Gasteiger partial charge < -0.3 is 0 Å². The number of rotatable bonds is 10. The third-order valence-electron chi connectivity index (χ3n) is 4.40. The van der Waals surface area contributed by atoms with E-state index in [0.717, 1.165) is 23.8 Å². The predicted octanol–water partition coefficient (Wildman–Crippen LogP) is 7.68. The topological polar surface area (TPSA) is 0 Å². The predicted molar refractivity (Wildman–Crippen MR) is 100 cm³/mol. The van der Waals surface area contributed by atoms with Crippen molar-refractivity contribution in [2.24, 2.45) is 0 Å². The highest BCUT2D eigenvalue weighted by Gasteiger charge is 2.01. The Kier molecular flexibility index (Phi) is 7.86. The van der Waals surface area contributed by atoms with Crippen LogP contribution in [0.4, 0.5) is 4.39 Å². The maximum atomic E-state index is 14.2. The maximum Gasteiger partial charge on any atom is 0.101 e. The highest BCUT2D eigenvalue weighted by molar-refractivity contribution is 5.90. The van der Waals surface area contributed by atoms with Gasteiger partial charge in [0.1, 0.15) is 5.83 Å². The summed E-state index contributed by atoms with van der Waals surface area (Å²) >= 11 is 0. The minimum atomic E-state index is 0.00679. The summed E-state index contributed by atoms with van der Waals surface area (Å²) in [4.78, 5) is 0. The Morgan fingerprint density at radius 2 is 1.48 bits per heavy atom. The first-order chi connectivity index (χ1) is 11.3. The van der Waals surface area contributed by atoms with Gasteiger partial charge in [-0.2, -0.15) is 0 Å². The van der Waals surface area contributed by atoms with E-state index in [-0.39, 0.29) is 5.83 Å². The van der Waals surface area contributed by atoms with Gasteiger partial charge in [-0.05, 0) is 35.3 Å². The fraction of sp³-hybridized carbons (Fsp3) is 0.455. The van der Waals surface area contributed by atoms with Gasteiger partial charge in [0.2, 0.25) is 0 Å². The van der Waals surface area contributed by atoms with E-state index < -0.39 is 0 Å². The van der Waals surface area contributed by atoms with Crippen molar-refractivity contribution in [3.63, 3.8) is 0 Å². The zero-order chi connectivity index (χ0) is 16.3. The van der Waals surface area contributed by atoms with Crippen molar-refractivity contribution in [2.75, 3.05) is 0 Å². The third-order valence-corrected chi connectivity index (χ3v) is 4.40. The number of halogens is 1. The summed E-state index contributed by atoms with van der Waals surface area (Å²) in [6, 6.07) is 14.2. The Hall–Kier alpha value is -1.63. The Bertz CT molecular complexity index is 607. The second kappa shape index (κ2) is 10.2. The summed E-state index contributed by atoms with van der Waals surface area (Å²) in [6.07, 6.45) is 12.3. The molecule has 23 heavy (non-hydrogen) atoms. The third kappa shape index (κ3) is 6.17. The average Bonchev–Trinajstić information content (AvgIpc) is 2.57. The van der Waals surface area contributed by atoms with Crippen LogP contribution in [0.25, 0.3) is 16.8 Å². The summed E-state index contributed by atoms with van der Waals surface area (Å²) in [5.41, 5.74) is 0.986. The molecule has 0 aromatic heterocycles. The number of hydrogen-bond acceptors (Lipinski definition) is 0. The molecule has 0 radical (unpaired) electrons. The molecule has 2 aromatic carbocycles. The zero-order valence-electron chi connectivity index (χ0n) is 14.4. The van der Waals surface area contributed by atoms with Crippen LogP contribution >= 0.6 is 0 Å². The molecule has 0 nitrogen and oxygen atoms in total. The molecule has 0 aliphatic heterocycles. The fourth-order valence-corrected chi connectivity index (χ4v) is 3.04. The molecule has 0 bridgehead atoms. The van der Waals surface area contributed by atoms with Crippen LogP contribution in [0.5, 0.6) is 0 Å².